The number of hydrogen-bond donors (Lipinski definition) is 1. The Morgan fingerprint density at radius 2 is 2.11 bits per heavy atom. The molecule has 1 aromatic rings. The second kappa shape index (κ2) is 7.58. The molecule has 0 saturated carbocycles. The monoisotopic (exact) mass is 305 g/mol. The second-order valence-electron chi connectivity index (χ2n) is 4.27. The molecule has 0 bridgehead atoms. The first-order valence-corrected chi connectivity index (χ1v) is 6.69. The molecule has 0 atom stereocenters. The average molecular weight is 306 g/mol. The van der Waals surface area contributed by atoms with E-state index >= 15 is 0 Å². The number of rotatable bonds is 6. The van der Waals surface area contributed by atoms with Gasteiger partial charge in [0.05, 0.1) is 11.6 Å². The fourth-order valence-corrected chi connectivity index (χ4v) is 1.92. The molecule has 0 heterocycles. The van der Waals surface area contributed by atoms with Gasteiger partial charge in [0.25, 0.3) is 5.91 Å². The first-order valence-electron chi connectivity index (χ1n) is 5.94. The zero-order valence-electron chi connectivity index (χ0n) is 10.9. The average Bonchev–Trinajstić information content (AvgIpc) is 2.36. The van der Waals surface area contributed by atoms with Gasteiger partial charge in [0.15, 0.2) is 6.61 Å². The van der Waals surface area contributed by atoms with Crippen LogP contribution in [0.1, 0.15) is 13.8 Å². The van der Waals surface area contributed by atoms with Gasteiger partial charge in [-0.3, -0.25) is 4.79 Å². The minimum Gasteiger partial charge on any atom is -0.482 e. The van der Waals surface area contributed by atoms with Crippen molar-refractivity contribution in [3.8, 4) is 5.75 Å². The van der Waals surface area contributed by atoms with Crippen LogP contribution in [0, 0.1) is 0 Å². The fourth-order valence-electron chi connectivity index (χ4n) is 1.59. The third kappa shape index (κ3) is 4.90. The topological polar surface area (TPSA) is 49.8 Å². The van der Waals surface area contributed by atoms with Crippen molar-refractivity contribution in [2.24, 2.45) is 0 Å². The molecule has 4 nitrogen and oxygen atoms in total. The Bertz CT molecular complexity index is 438. The van der Waals surface area contributed by atoms with E-state index in [2.05, 4.69) is 0 Å². The second-order valence-corrected chi connectivity index (χ2v) is 5.11. The molecule has 1 aromatic carbocycles. The molecule has 106 valence electrons. The van der Waals surface area contributed by atoms with Gasteiger partial charge in [0.1, 0.15) is 5.75 Å². The molecule has 0 saturated heterocycles. The lowest BCUT2D eigenvalue weighted by molar-refractivity contribution is -0.135. The minimum atomic E-state index is -0.208. The number of hydrogen-bond acceptors (Lipinski definition) is 3. The molecular formula is C13H17Cl2NO3. The summed E-state index contributed by atoms with van der Waals surface area (Å²) >= 11 is 11.8. The highest BCUT2D eigenvalue weighted by Gasteiger charge is 2.17. The van der Waals surface area contributed by atoms with Crippen molar-refractivity contribution in [2.45, 2.75) is 19.9 Å². The highest BCUT2D eigenvalue weighted by atomic mass is 35.5. The summed E-state index contributed by atoms with van der Waals surface area (Å²) in [5, 5.41) is 9.81. The van der Waals surface area contributed by atoms with E-state index in [9.17, 15) is 4.79 Å². The summed E-state index contributed by atoms with van der Waals surface area (Å²) in [6.45, 7) is 3.81. The predicted molar refractivity (Wildman–Crippen MR) is 75.9 cm³/mol. The Morgan fingerprint density at radius 1 is 1.42 bits per heavy atom. The summed E-state index contributed by atoms with van der Waals surface area (Å²) in [4.78, 5) is 13.5. The molecule has 1 N–H and O–H groups in total. The van der Waals surface area contributed by atoms with Crippen LogP contribution in [0.25, 0.3) is 0 Å². The van der Waals surface area contributed by atoms with Crippen molar-refractivity contribution < 1.29 is 14.6 Å². The molecule has 0 aliphatic heterocycles. The van der Waals surface area contributed by atoms with Crippen molar-refractivity contribution in [2.75, 3.05) is 19.8 Å². The Kier molecular flexibility index (Phi) is 6.42. The number of amides is 1. The van der Waals surface area contributed by atoms with Crippen molar-refractivity contribution in [1.29, 1.82) is 0 Å². The maximum Gasteiger partial charge on any atom is 0.260 e. The van der Waals surface area contributed by atoms with Crippen LogP contribution in [0.5, 0.6) is 5.75 Å². The molecule has 19 heavy (non-hydrogen) atoms. The quantitative estimate of drug-likeness (QED) is 0.879. The maximum absolute atomic E-state index is 12.0. The first-order chi connectivity index (χ1) is 8.95. The van der Waals surface area contributed by atoms with Crippen molar-refractivity contribution in [3.63, 3.8) is 0 Å². The third-order valence-electron chi connectivity index (χ3n) is 2.53. The number of benzene rings is 1. The highest BCUT2D eigenvalue weighted by molar-refractivity contribution is 6.34. The molecule has 6 heteroatoms. The Hall–Kier alpha value is -0.970. The summed E-state index contributed by atoms with van der Waals surface area (Å²) in [5.41, 5.74) is 0. The van der Waals surface area contributed by atoms with Gasteiger partial charge in [-0.25, -0.2) is 0 Å². The van der Waals surface area contributed by atoms with E-state index in [4.69, 9.17) is 33.0 Å². The summed E-state index contributed by atoms with van der Waals surface area (Å²) in [6.07, 6.45) is 0. The minimum absolute atomic E-state index is 0.00177. The summed E-state index contributed by atoms with van der Waals surface area (Å²) in [5.74, 6) is 0.162. The maximum atomic E-state index is 12.0. The molecule has 1 rings (SSSR count). The molecule has 0 aliphatic rings. The van der Waals surface area contributed by atoms with Crippen molar-refractivity contribution >= 4 is 29.1 Å². The van der Waals surface area contributed by atoms with E-state index in [0.29, 0.717) is 15.8 Å². The van der Waals surface area contributed by atoms with Gasteiger partial charge in [-0.15, -0.1) is 0 Å². The normalized spacial score (nSPS) is 10.6. The van der Waals surface area contributed by atoms with E-state index in [1.165, 1.54) is 0 Å². The van der Waals surface area contributed by atoms with Crippen LogP contribution in [-0.2, 0) is 4.79 Å². The SMILES string of the molecule is CC(C)N(CCO)C(=O)COc1cc(Cl)ccc1Cl. The van der Waals surface area contributed by atoms with Crippen molar-refractivity contribution in [3.05, 3.63) is 28.2 Å². The Balaban J connectivity index is 2.64. The lowest BCUT2D eigenvalue weighted by Crippen LogP contribution is -2.41. The molecule has 0 aliphatic carbocycles. The van der Waals surface area contributed by atoms with Crippen LogP contribution in [-0.4, -0.2) is 41.7 Å². The van der Waals surface area contributed by atoms with Gasteiger partial charge in [-0.2, -0.15) is 0 Å². The van der Waals surface area contributed by atoms with E-state index < -0.39 is 0 Å². The number of carbonyl (C=O) groups is 1. The molecule has 0 radical (unpaired) electrons. The predicted octanol–water partition coefficient (Wildman–Crippen LogP) is 2.60. The molecular weight excluding hydrogens is 289 g/mol. The zero-order chi connectivity index (χ0) is 14.4. The summed E-state index contributed by atoms with van der Waals surface area (Å²) in [6, 6.07) is 4.81. The van der Waals surface area contributed by atoms with Crippen LogP contribution in [0.2, 0.25) is 10.0 Å². The van der Waals surface area contributed by atoms with Crippen LogP contribution in [0.4, 0.5) is 0 Å². The number of halogens is 2. The number of aliphatic hydroxyl groups excluding tert-OH is 1. The largest absolute Gasteiger partial charge is 0.482 e. The number of aliphatic hydroxyl groups is 1. The van der Waals surface area contributed by atoms with Gasteiger partial charge in [0.2, 0.25) is 0 Å². The van der Waals surface area contributed by atoms with E-state index in [-0.39, 0.29) is 31.7 Å². The van der Waals surface area contributed by atoms with Crippen LogP contribution in [0.15, 0.2) is 18.2 Å². The van der Waals surface area contributed by atoms with E-state index in [0.717, 1.165) is 0 Å². The molecule has 1 amide bonds. The van der Waals surface area contributed by atoms with Crippen LogP contribution < -0.4 is 4.74 Å². The first kappa shape index (κ1) is 16.1. The molecule has 0 fully saturated rings. The van der Waals surface area contributed by atoms with Gasteiger partial charge >= 0.3 is 0 Å². The summed E-state index contributed by atoms with van der Waals surface area (Å²) < 4.78 is 5.37. The highest BCUT2D eigenvalue weighted by Crippen LogP contribution is 2.27. The molecule has 0 unspecified atom stereocenters. The molecule has 0 spiro atoms. The summed E-state index contributed by atoms with van der Waals surface area (Å²) in [7, 11) is 0. The van der Waals surface area contributed by atoms with E-state index in [1.54, 1.807) is 23.1 Å². The van der Waals surface area contributed by atoms with Crippen molar-refractivity contribution in [1.82, 2.24) is 4.90 Å². The molecule has 0 aromatic heterocycles. The van der Waals surface area contributed by atoms with Gasteiger partial charge in [-0.1, -0.05) is 23.2 Å². The Labute approximate surface area is 122 Å². The zero-order valence-corrected chi connectivity index (χ0v) is 12.4. The lowest BCUT2D eigenvalue weighted by Gasteiger charge is -2.25. The smallest absolute Gasteiger partial charge is 0.260 e. The number of ether oxygens (including phenoxy) is 1. The Morgan fingerprint density at radius 3 is 2.68 bits per heavy atom. The number of nitrogens with zero attached hydrogens (tertiary/aromatic N) is 1. The van der Waals surface area contributed by atoms with Crippen LogP contribution >= 0.6 is 23.2 Å². The van der Waals surface area contributed by atoms with E-state index in [1.807, 2.05) is 13.8 Å². The van der Waals surface area contributed by atoms with Crippen LogP contribution in [0.3, 0.4) is 0 Å². The van der Waals surface area contributed by atoms with Gasteiger partial charge in [-0.05, 0) is 26.0 Å². The third-order valence-corrected chi connectivity index (χ3v) is 3.08. The lowest BCUT2D eigenvalue weighted by atomic mass is 10.3. The fraction of sp³-hybridized carbons (Fsp3) is 0.462. The van der Waals surface area contributed by atoms with Gasteiger partial charge in [0, 0.05) is 23.7 Å². The standard InChI is InChI=1S/C13H17Cl2NO3/c1-9(2)16(5-6-17)13(18)8-19-12-7-10(14)3-4-11(12)15/h3-4,7,9,17H,5-6,8H2,1-2H3. The number of carbonyl (C=O) groups excluding carboxylic acids is 1. The van der Waals surface area contributed by atoms with Gasteiger partial charge < -0.3 is 14.7 Å².